The maximum absolute atomic E-state index is 10.9. The summed E-state index contributed by atoms with van der Waals surface area (Å²) in [6, 6.07) is 2.21. The summed E-state index contributed by atoms with van der Waals surface area (Å²) < 4.78 is 0.992. The van der Waals surface area contributed by atoms with E-state index < -0.39 is 18.3 Å². The average Bonchev–Trinajstić information content (AvgIpc) is 2.04. The monoisotopic (exact) mass is 169 g/mol. The van der Waals surface area contributed by atoms with E-state index in [0.29, 0.717) is 0 Å². The van der Waals surface area contributed by atoms with Crippen LogP contribution in [-0.4, -0.2) is 20.7 Å². The van der Waals surface area contributed by atoms with Crippen molar-refractivity contribution in [3.8, 4) is 0 Å². The van der Waals surface area contributed by atoms with Gasteiger partial charge in [0.25, 0.3) is 5.56 Å². The molecule has 2 N–H and O–H groups in total. The Morgan fingerprint density at radius 3 is 2.67 bits per heavy atom. The molecular weight excluding hydrogens is 162 g/mol. The number of aromatic carboxylic acids is 1. The van der Waals surface area contributed by atoms with Gasteiger partial charge in [-0.05, 0) is 6.07 Å². The quantitative estimate of drug-likeness (QED) is 0.625. The zero-order valence-corrected chi connectivity index (χ0v) is 6.10. The number of carbonyl (C=O) groups is 1. The van der Waals surface area contributed by atoms with Crippen LogP contribution in [0.15, 0.2) is 23.1 Å². The minimum absolute atomic E-state index is 0.0790. The second kappa shape index (κ2) is 3.19. The number of aliphatic hydroxyl groups is 1. The van der Waals surface area contributed by atoms with Gasteiger partial charge in [0.1, 0.15) is 6.73 Å². The van der Waals surface area contributed by atoms with E-state index >= 15 is 0 Å². The molecule has 0 spiro atoms. The Hall–Kier alpha value is -1.62. The van der Waals surface area contributed by atoms with Gasteiger partial charge in [0, 0.05) is 12.3 Å². The number of carboxylic acid groups (broad SMARTS) is 1. The van der Waals surface area contributed by atoms with Crippen LogP contribution in [0.2, 0.25) is 0 Å². The molecule has 0 aliphatic carbocycles. The minimum Gasteiger partial charge on any atom is -0.478 e. The lowest BCUT2D eigenvalue weighted by atomic mass is 10.3. The van der Waals surface area contributed by atoms with Crippen molar-refractivity contribution in [2.45, 2.75) is 6.73 Å². The summed E-state index contributed by atoms with van der Waals surface area (Å²) in [5.41, 5.74) is -0.609. The van der Waals surface area contributed by atoms with Crippen molar-refractivity contribution in [2.24, 2.45) is 0 Å². The average molecular weight is 169 g/mol. The SMILES string of the molecule is O=C(O)c1ccn(CO)c(=O)c1. The third-order valence-electron chi connectivity index (χ3n) is 1.40. The van der Waals surface area contributed by atoms with Gasteiger partial charge in [-0.25, -0.2) is 4.79 Å². The van der Waals surface area contributed by atoms with Gasteiger partial charge < -0.3 is 10.2 Å². The molecular formula is C7H7NO4. The fraction of sp³-hybridized carbons (Fsp3) is 0.143. The molecule has 1 aromatic heterocycles. The van der Waals surface area contributed by atoms with E-state index in [1.54, 1.807) is 0 Å². The Kier molecular flexibility index (Phi) is 2.25. The lowest BCUT2D eigenvalue weighted by molar-refractivity contribution is 0.0696. The third kappa shape index (κ3) is 1.51. The van der Waals surface area contributed by atoms with Gasteiger partial charge in [-0.3, -0.25) is 9.36 Å². The van der Waals surface area contributed by atoms with Crippen LogP contribution in [0.4, 0.5) is 0 Å². The van der Waals surface area contributed by atoms with Crippen LogP contribution in [0, 0.1) is 0 Å². The highest BCUT2D eigenvalue weighted by Crippen LogP contribution is 1.93. The molecule has 1 aromatic rings. The van der Waals surface area contributed by atoms with Crippen molar-refractivity contribution < 1.29 is 15.0 Å². The van der Waals surface area contributed by atoms with E-state index in [9.17, 15) is 9.59 Å². The lowest BCUT2D eigenvalue weighted by Crippen LogP contribution is -2.19. The maximum Gasteiger partial charge on any atom is 0.335 e. The molecule has 5 nitrogen and oxygen atoms in total. The molecule has 0 aliphatic rings. The molecule has 0 amide bonds. The van der Waals surface area contributed by atoms with E-state index in [0.717, 1.165) is 10.6 Å². The summed E-state index contributed by atoms with van der Waals surface area (Å²) >= 11 is 0. The first-order chi connectivity index (χ1) is 5.65. The minimum atomic E-state index is -1.16. The first-order valence-electron chi connectivity index (χ1n) is 3.20. The van der Waals surface area contributed by atoms with Crippen molar-refractivity contribution in [1.29, 1.82) is 0 Å². The number of hydrogen-bond donors (Lipinski definition) is 2. The number of hydrogen-bond acceptors (Lipinski definition) is 3. The van der Waals surface area contributed by atoms with Gasteiger partial charge in [0.05, 0.1) is 5.56 Å². The van der Waals surface area contributed by atoms with E-state index in [1.165, 1.54) is 12.3 Å². The fourth-order valence-corrected chi connectivity index (χ4v) is 0.758. The van der Waals surface area contributed by atoms with Crippen molar-refractivity contribution in [1.82, 2.24) is 4.57 Å². The molecule has 0 unspecified atom stereocenters. The standard InChI is InChI=1S/C7H7NO4/c9-4-8-2-1-5(7(11)12)3-6(8)10/h1-3,9H,4H2,(H,11,12). The zero-order chi connectivity index (χ0) is 9.14. The molecule has 5 heteroatoms. The molecule has 64 valence electrons. The number of pyridine rings is 1. The molecule has 0 atom stereocenters. The van der Waals surface area contributed by atoms with Crippen molar-refractivity contribution in [3.05, 3.63) is 34.2 Å². The van der Waals surface area contributed by atoms with Crippen LogP contribution in [-0.2, 0) is 6.73 Å². The van der Waals surface area contributed by atoms with Gasteiger partial charge >= 0.3 is 5.97 Å². The molecule has 0 fully saturated rings. The number of carboxylic acids is 1. The van der Waals surface area contributed by atoms with E-state index in [4.69, 9.17) is 10.2 Å². The first kappa shape index (κ1) is 8.48. The van der Waals surface area contributed by atoms with Gasteiger partial charge in [-0.1, -0.05) is 0 Å². The van der Waals surface area contributed by atoms with Gasteiger partial charge in [-0.15, -0.1) is 0 Å². The predicted molar refractivity (Wildman–Crippen MR) is 39.9 cm³/mol. The summed E-state index contributed by atoms with van der Waals surface area (Å²) in [6.45, 7) is -0.446. The van der Waals surface area contributed by atoms with Crippen molar-refractivity contribution >= 4 is 5.97 Å². The Balaban J connectivity index is 3.19. The molecule has 0 bridgehead atoms. The molecule has 0 aromatic carbocycles. The fourth-order valence-electron chi connectivity index (χ4n) is 0.758. The van der Waals surface area contributed by atoms with Crippen LogP contribution in [0.5, 0.6) is 0 Å². The van der Waals surface area contributed by atoms with E-state index in [2.05, 4.69) is 0 Å². The highest BCUT2D eigenvalue weighted by molar-refractivity contribution is 5.87. The van der Waals surface area contributed by atoms with E-state index in [-0.39, 0.29) is 5.56 Å². The smallest absolute Gasteiger partial charge is 0.335 e. The molecule has 0 saturated heterocycles. The summed E-state index contributed by atoms with van der Waals surface area (Å²) in [6.07, 6.45) is 1.23. The predicted octanol–water partition coefficient (Wildman–Crippen LogP) is -0.504. The number of rotatable bonds is 2. The number of nitrogens with zero attached hydrogens (tertiary/aromatic N) is 1. The second-order valence-electron chi connectivity index (χ2n) is 2.17. The van der Waals surface area contributed by atoms with E-state index in [1.807, 2.05) is 0 Å². The molecule has 1 heterocycles. The highest BCUT2D eigenvalue weighted by atomic mass is 16.4. The number of aliphatic hydroxyl groups excluding tert-OH is 1. The molecule has 1 rings (SSSR count). The Labute approximate surface area is 67.5 Å². The summed E-state index contributed by atoms with van der Waals surface area (Å²) in [5.74, 6) is -1.16. The third-order valence-corrected chi connectivity index (χ3v) is 1.40. The van der Waals surface area contributed by atoms with Crippen LogP contribution in [0.3, 0.4) is 0 Å². The van der Waals surface area contributed by atoms with Gasteiger partial charge in [0.15, 0.2) is 0 Å². The van der Waals surface area contributed by atoms with Crippen molar-refractivity contribution in [2.75, 3.05) is 0 Å². The Morgan fingerprint density at radius 2 is 2.25 bits per heavy atom. The summed E-state index contributed by atoms with van der Waals surface area (Å²) in [7, 11) is 0. The molecule has 0 saturated carbocycles. The van der Waals surface area contributed by atoms with Crippen LogP contribution in [0.1, 0.15) is 10.4 Å². The molecule has 0 radical (unpaired) electrons. The normalized spacial score (nSPS) is 9.75. The van der Waals surface area contributed by atoms with Crippen molar-refractivity contribution in [3.63, 3.8) is 0 Å². The first-order valence-corrected chi connectivity index (χ1v) is 3.20. The Bertz CT molecular complexity index is 355. The van der Waals surface area contributed by atoms with Crippen LogP contribution < -0.4 is 5.56 Å². The Morgan fingerprint density at radius 1 is 1.58 bits per heavy atom. The van der Waals surface area contributed by atoms with Crippen LogP contribution in [0.25, 0.3) is 0 Å². The molecule has 12 heavy (non-hydrogen) atoms. The van der Waals surface area contributed by atoms with Gasteiger partial charge in [-0.2, -0.15) is 0 Å². The topological polar surface area (TPSA) is 79.5 Å². The number of aromatic nitrogens is 1. The van der Waals surface area contributed by atoms with Crippen LogP contribution >= 0.6 is 0 Å². The summed E-state index contributed by atoms with van der Waals surface area (Å²) in [5, 5.41) is 17.0. The highest BCUT2D eigenvalue weighted by Gasteiger charge is 2.03. The largest absolute Gasteiger partial charge is 0.478 e. The zero-order valence-electron chi connectivity index (χ0n) is 6.10. The lowest BCUT2D eigenvalue weighted by Gasteiger charge is -1.99. The molecule has 0 aliphatic heterocycles. The second-order valence-corrected chi connectivity index (χ2v) is 2.17. The van der Waals surface area contributed by atoms with Gasteiger partial charge in [0.2, 0.25) is 0 Å². The summed E-state index contributed by atoms with van der Waals surface area (Å²) in [4.78, 5) is 21.3. The maximum atomic E-state index is 10.9.